The number of guanidine groups is 4. The fourth-order valence-corrected chi connectivity index (χ4v) is 4.29. The maximum absolute atomic E-state index is 10.1. The molecule has 362 valence electrons. The average molecular weight is 958 g/mol. The van der Waals surface area contributed by atoms with Crippen molar-refractivity contribution < 1.29 is 80.8 Å². The molecule has 0 aromatic heterocycles. The highest BCUT2D eigenvalue weighted by Gasteiger charge is 2.34. The number of nitrogens with one attached hydrogen (secondary N) is 2. The fraction of sp³-hybridized carbons (Fsp3) is 0.472. The van der Waals surface area contributed by atoms with Crippen LogP contribution in [0.1, 0.15) is 32.6 Å². The molecule has 0 bridgehead atoms. The van der Waals surface area contributed by atoms with Gasteiger partial charge in [-0.2, -0.15) is 9.98 Å². The zero-order valence-corrected chi connectivity index (χ0v) is 35.8. The second kappa shape index (κ2) is 34.0. The van der Waals surface area contributed by atoms with Crippen LogP contribution < -0.4 is 33.6 Å². The van der Waals surface area contributed by atoms with Crippen molar-refractivity contribution in [3.63, 3.8) is 0 Å². The van der Waals surface area contributed by atoms with Gasteiger partial charge in [0, 0.05) is 41.4 Å². The first kappa shape index (κ1) is 60.6. The number of aliphatic carboxylic acids is 3. The number of benzene rings is 2. The lowest BCUT2D eigenvalue weighted by molar-refractivity contribution is -0.164. The van der Waals surface area contributed by atoms with Crippen LogP contribution in [0.4, 0.5) is 11.4 Å². The Hall–Kier alpha value is -5.49. The molecule has 8 atom stereocenters. The molecule has 0 amide bonds. The summed E-state index contributed by atoms with van der Waals surface area (Å²) in [5.41, 5.74) is 24.8. The Morgan fingerprint density at radius 1 is 0.547 bits per heavy atom. The highest BCUT2D eigenvalue weighted by molar-refractivity contribution is 6.31. The monoisotopic (exact) mass is 956 g/mol. The number of aliphatic hydroxyl groups excluding tert-OH is 10. The van der Waals surface area contributed by atoms with E-state index in [4.69, 9.17) is 117 Å². The number of carbonyl (C=O) groups is 3. The number of carboxylic acids is 3. The van der Waals surface area contributed by atoms with Gasteiger partial charge in [-0.3, -0.25) is 14.8 Å². The third kappa shape index (κ3) is 29.0. The molecule has 0 unspecified atom stereocenters. The van der Waals surface area contributed by atoms with Crippen LogP contribution in [-0.2, 0) is 14.4 Å². The minimum Gasteiger partial charge on any atom is -0.481 e. The van der Waals surface area contributed by atoms with E-state index in [1.165, 1.54) is 0 Å². The molecular formula is C36H58Cl2N10O16. The molecule has 2 aromatic carbocycles. The predicted octanol–water partition coefficient (Wildman–Crippen LogP) is -3.56. The first-order valence-corrected chi connectivity index (χ1v) is 19.3. The van der Waals surface area contributed by atoms with Crippen LogP contribution in [0.15, 0.2) is 68.5 Å². The molecule has 0 fully saturated rings. The lowest BCUT2D eigenvalue weighted by atomic mass is 10.0. The molecule has 0 heterocycles. The molecule has 2 aromatic rings. The maximum Gasteiger partial charge on any atom is 0.335 e. The number of nitrogens with two attached hydrogens (primary N) is 4. The number of carboxylic acid groups (broad SMARTS) is 3. The van der Waals surface area contributed by atoms with E-state index >= 15 is 0 Å². The molecule has 26 nitrogen and oxygen atoms in total. The Kier molecular flexibility index (Phi) is 32.2. The van der Waals surface area contributed by atoms with Gasteiger partial charge in [0.25, 0.3) is 5.97 Å². The fourth-order valence-electron chi connectivity index (χ4n) is 4.04. The van der Waals surface area contributed by atoms with Crippen molar-refractivity contribution in [1.29, 1.82) is 0 Å². The predicted molar refractivity (Wildman–Crippen MR) is 236 cm³/mol. The average Bonchev–Trinajstić information content (AvgIpc) is 3.23. The summed E-state index contributed by atoms with van der Waals surface area (Å²) in [7, 11) is 0. The number of aliphatic hydroxyl groups is 10. The largest absolute Gasteiger partial charge is 0.481 e. The summed E-state index contributed by atoms with van der Waals surface area (Å²) in [6, 6.07) is 14.1. The maximum atomic E-state index is 10.1. The van der Waals surface area contributed by atoms with Crippen molar-refractivity contribution >= 4 is 76.3 Å². The number of aliphatic imine (C=N–C) groups is 4. The van der Waals surface area contributed by atoms with E-state index < -0.39 is 80.0 Å². The van der Waals surface area contributed by atoms with Crippen LogP contribution >= 0.6 is 23.2 Å². The van der Waals surface area contributed by atoms with Crippen LogP contribution in [0, 0.1) is 0 Å². The van der Waals surface area contributed by atoms with E-state index in [0.29, 0.717) is 23.1 Å². The van der Waals surface area contributed by atoms with Gasteiger partial charge in [0.05, 0.1) is 13.2 Å². The van der Waals surface area contributed by atoms with Crippen LogP contribution in [0.2, 0.25) is 10.0 Å². The lowest BCUT2D eigenvalue weighted by Crippen LogP contribution is -2.48. The van der Waals surface area contributed by atoms with Gasteiger partial charge < -0.3 is 100.0 Å². The normalized spacial score (nSPS) is 15.6. The van der Waals surface area contributed by atoms with Gasteiger partial charge in [0.1, 0.15) is 36.6 Å². The van der Waals surface area contributed by atoms with E-state index in [1.807, 2.05) is 0 Å². The summed E-state index contributed by atoms with van der Waals surface area (Å²) in [5.74, 6) is -3.72. The Bertz CT molecular complexity index is 1650. The van der Waals surface area contributed by atoms with Crippen LogP contribution in [0.5, 0.6) is 0 Å². The summed E-state index contributed by atoms with van der Waals surface area (Å²) >= 11 is 11.7. The number of hydrogen-bond donors (Lipinski definition) is 19. The summed E-state index contributed by atoms with van der Waals surface area (Å²) in [6.07, 6.45) is -12.0. The zero-order valence-electron chi connectivity index (χ0n) is 34.3. The molecule has 0 aliphatic rings. The Balaban J connectivity index is 0. The highest BCUT2D eigenvalue weighted by Crippen LogP contribution is 2.14. The number of unbranched alkanes of at least 4 members (excludes halogenated alkanes) is 3. The standard InChI is InChI=1S/C22H30Cl2N10.2C6H12O7.C2H4O2/c23-15-5-9-17(10-6-15)31-21(27)33-19(25)29-13-3-1-2-4-14-30-20(26)34-22(28)32-18-11-7-16(24)8-12-18;2*7-1-2(8)3(9)4(10)5(11)6(12)13;1-2(3)4/h5-12H,1-4,13-14H2,(H5,25,27,29,31,33)(H5,26,28,30,32,34);2*2-5,7-11H,1H2,(H,12,13);1H3,(H,3,4)/t;2*2-,3-,4+,5-;/m.11./s1. The van der Waals surface area contributed by atoms with Crippen molar-refractivity contribution in [2.24, 2.45) is 42.9 Å². The third-order valence-corrected chi connectivity index (χ3v) is 7.84. The van der Waals surface area contributed by atoms with Crippen molar-refractivity contribution in [1.82, 2.24) is 0 Å². The first-order chi connectivity index (χ1) is 29.9. The van der Waals surface area contributed by atoms with E-state index in [9.17, 15) is 9.59 Å². The van der Waals surface area contributed by atoms with Gasteiger partial charge >= 0.3 is 11.9 Å². The molecule has 28 heteroatoms. The quantitative estimate of drug-likeness (QED) is 0.0368. The van der Waals surface area contributed by atoms with E-state index in [1.54, 1.807) is 48.5 Å². The number of rotatable bonds is 19. The van der Waals surface area contributed by atoms with Gasteiger partial charge in [-0.1, -0.05) is 36.0 Å². The van der Waals surface area contributed by atoms with Crippen molar-refractivity contribution in [3.05, 3.63) is 58.6 Å². The molecular weight excluding hydrogens is 899 g/mol. The van der Waals surface area contributed by atoms with Gasteiger partial charge in [-0.25, -0.2) is 9.59 Å². The van der Waals surface area contributed by atoms with Gasteiger partial charge in [0.2, 0.25) is 23.8 Å². The first-order valence-electron chi connectivity index (χ1n) is 18.5. The summed E-state index contributed by atoms with van der Waals surface area (Å²) in [4.78, 5) is 45.7. The van der Waals surface area contributed by atoms with Crippen LogP contribution in [0.25, 0.3) is 0 Å². The SMILES string of the molecule is CC(=O)O.NC(=NCCCCCCN=C(N)N=C(N)Nc1ccc(Cl)cc1)N=C(N)Nc1ccc(Cl)cc1.O=C(O)[C@H](O)[C@@H](O)[C@H](O)[C@H](O)CO.O=C(O)[C@H](O)[C@@H](O)[C@H](O)[C@H](O)CO. The van der Waals surface area contributed by atoms with Crippen LogP contribution in [-0.4, -0.2) is 183 Å². The minimum atomic E-state index is -2.20. The molecule has 0 aliphatic heterocycles. The highest BCUT2D eigenvalue weighted by atomic mass is 35.5. The summed E-state index contributed by atoms with van der Waals surface area (Å²) < 4.78 is 0. The molecule has 23 N–H and O–H groups in total. The van der Waals surface area contributed by atoms with Crippen molar-refractivity contribution in [2.75, 3.05) is 36.9 Å². The Labute approximate surface area is 376 Å². The molecule has 0 saturated heterocycles. The van der Waals surface area contributed by atoms with E-state index in [-0.39, 0.29) is 23.8 Å². The van der Waals surface area contributed by atoms with E-state index in [2.05, 4.69) is 30.6 Å². The smallest absolute Gasteiger partial charge is 0.335 e. The van der Waals surface area contributed by atoms with E-state index in [0.717, 1.165) is 44.0 Å². The molecule has 0 aliphatic carbocycles. The van der Waals surface area contributed by atoms with Gasteiger partial charge in [0.15, 0.2) is 12.2 Å². The van der Waals surface area contributed by atoms with Gasteiger partial charge in [-0.05, 0) is 61.4 Å². The molecule has 0 spiro atoms. The lowest BCUT2D eigenvalue weighted by Gasteiger charge is -2.23. The molecule has 0 saturated carbocycles. The number of halogens is 2. The summed E-state index contributed by atoms with van der Waals surface area (Å²) in [6.45, 7) is 0.521. The second-order valence-corrected chi connectivity index (χ2v) is 13.6. The Morgan fingerprint density at radius 2 is 0.828 bits per heavy atom. The minimum absolute atomic E-state index is 0.124. The topological polar surface area (TPSA) is 492 Å². The number of hydrogen-bond acceptors (Lipinski definition) is 15. The van der Waals surface area contributed by atoms with Gasteiger partial charge in [-0.15, -0.1) is 0 Å². The van der Waals surface area contributed by atoms with Crippen molar-refractivity contribution in [3.8, 4) is 0 Å². The van der Waals surface area contributed by atoms with Crippen molar-refractivity contribution in [2.45, 2.75) is 81.4 Å². The number of anilines is 2. The summed E-state index contributed by atoms with van der Waals surface area (Å²) in [5, 5.41) is 118. The number of nitrogens with zero attached hydrogens (tertiary/aromatic N) is 4. The Morgan fingerprint density at radius 3 is 1.08 bits per heavy atom. The molecule has 2 rings (SSSR count). The zero-order chi connectivity index (χ0) is 49.5. The molecule has 0 radical (unpaired) electrons. The van der Waals surface area contributed by atoms with Crippen LogP contribution in [0.3, 0.4) is 0 Å². The molecule has 64 heavy (non-hydrogen) atoms. The second-order valence-electron chi connectivity index (χ2n) is 12.7. The third-order valence-electron chi connectivity index (χ3n) is 7.33.